The van der Waals surface area contributed by atoms with Crippen LogP contribution in [0.4, 0.5) is 0 Å². The van der Waals surface area contributed by atoms with E-state index in [9.17, 15) is 9.59 Å². The minimum atomic E-state index is -0.0932. The first-order valence-corrected chi connectivity index (χ1v) is 9.65. The lowest BCUT2D eigenvalue weighted by atomic mass is 9.80. The molecule has 2 aliphatic heterocycles. The molecule has 2 unspecified atom stereocenters. The van der Waals surface area contributed by atoms with E-state index in [1.165, 1.54) is 5.56 Å². The average molecular weight is 358 g/mol. The highest BCUT2D eigenvalue weighted by Gasteiger charge is 2.36. The van der Waals surface area contributed by atoms with Gasteiger partial charge in [0.25, 0.3) is 0 Å². The molecule has 0 radical (unpaired) electrons. The zero-order chi connectivity index (χ0) is 18.5. The highest BCUT2D eigenvalue weighted by atomic mass is 16.2. The molecule has 0 aromatic heterocycles. The molecule has 0 spiro atoms. The molecular formula is C20H30N4O2. The Balaban J connectivity index is 1.50. The Morgan fingerprint density at radius 3 is 2.54 bits per heavy atom. The number of carbonyl (C=O) groups excluding carboxylic acids is 2. The first-order valence-electron chi connectivity index (χ1n) is 9.65. The van der Waals surface area contributed by atoms with Crippen molar-refractivity contribution in [3.8, 4) is 0 Å². The van der Waals surface area contributed by atoms with E-state index in [1.54, 1.807) is 0 Å². The largest absolute Gasteiger partial charge is 0.347 e. The van der Waals surface area contributed by atoms with Crippen LogP contribution >= 0.6 is 0 Å². The van der Waals surface area contributed by atoms with E-state index in [2.05, 4.69) is 46.5 Å². The van der Waals surface area contributed by atoms with Crippen molar-refractivity contribution in [2.24, 2.45) is 11.8 Å². The van der Waals surface area contributed by atoms with Crippen LogP contribution in [0.25, 0.3) is 0 Å². The second kappa shape index (κ2) is 8.64. The van der Waals surface area contributed by atoms with Gasteiger partial charge in [-0.15, -0.1) is 0 Å². The van der Waals surface area contributed by atoms with Crippen LogP contribution in [0.1, 0.15) is 38.2 Å². The molecule has 6 nitrogen and oxygen atoms in total. The van der Waals surface area contributed by atoms with Crippen LogP contribution in [0.15, 0.2) is 30.3 Å². The molecule has 3 N–H and O–H groups in total. The van der Waals surface area contributed by atoms with E-state index in [1.807, 2.05) is 18.7 Å². The molecule has 2 aliphatic rings. The molecule has 2 saturated heterocycles. The molecule has 26 heavy (non-hydrogen) atoms. The summed E-state index contributed by atoms with van der Waals surface area (Å²) in [6, 6.07) is 11.0. The molecule has 0 aliphatic carbocycles. The number of amides is 2. The summed E-state index contributed by atoms with van der Waals surface area (Å²) >= 11 is 0. The molecule has 1 aromatic rings. The van der Waals surface area contributed by atoms with Crippen molar-refractivity contribution in [2.45, 2.75) is 38.6 Å². The number of likely N-dealkylation sites (tertiary alicyclic amines) is 1. The lowest BCUT2D eigenvalue weighted by Gasteiger charge is -2.36. The van der Waals surface area contributed by atoms with Gasteiger partial charge in [0.15, 0.2) is 0 Å². The molecule has 1 aromatic carbocycles. The topological polar surface area (TPSA) is 73.5 Å². The van der Waals surface area contributed by atoms with E-state index in [4.69, 9.17) is 0 Å². The molecule has 0 saturated carbocycles. The zero-order valence-corrected chi connectivity index (χ0v) is 15.7. The number of hydrogen-bond acceptors (Lipinski definition) is 4. The molecule has 3 rings (SSSR count). The molecule has 2 atom stereocenters. The first-order chi connectivity index (χ1) is 12.6. The summed E-state index contributed by atoms with van der Waals surface area (Å²) in [5.74, 6) is 0.873. The predicted octanol–water partition coefficient (Wildman–Crippen LogP) is 1.26. The lowest BCUT2D eigenvalue weighted by Crippen LogP contribution is -2.48. The standard InChI is InChI=1S/C20H30N4O2/c1-14(2)20(26)21-13-18(25)24-10-8-16(9-11-24)19-17(12-22-23-19)15-6-4-3-5-7-15/h3-7,14,16-17,19,22-23H,8-13H2,1-2H3,(H,21,26). The quantitative estimate of drug-likeness (QED) is 0.741. The van der Waals surface area contributed by atoms with E-state index in [-0.39, 0.29) is 24.3 Å². The highest BCUT2D eigenvalue weighted by Crippen LogP contribution is 2.32. The van der Waals surface area contributed by atoms with Gasteiger partial charge in [-0.05, 0) is 24.3 Å². The maximum Gasteiger partial charge on any atom is 0.241 e. The molecule has 142 valence electrons. The first kappa shape index (κ1) is 18.9. The average Bonchev–Trinajstić information content (AvgIpc) is 3.16. The predicted molar refractivity (Wildman–Crippen MR) is 101 cm³/mol. The fourth-order valence-corrected chi connectivity index (χ4v) is 3.97. The van der Waals surface area contributed by atoms with Gasteiger partial charge in [-0.3, -0.25) is 20.4 Å². The van der Waals surface area contributed by atoms with Crippen molar-refractivity contribution in [2.75, 3.05) is 26.2 Å². The maximum absolute atomic E-state index is 12.3. The number of piperidine rings is 1. The Labute approximate surface area is 155 Å². The van der Waals surface area contributed by atoms with Gasteiger partial charge in [0, 0.05) is 37.5 Å². The minimum absolute atomic E-state index is 0.0227. The van der Waals surface area contributed by atoms with Crippen LogP contribution in [-0.4, -0.2) is 48.9 Å². The Morgan fingerprint density at radius 2 is 1.88 bits per heavy atom. The van der Waals surface area contributed by atoms with Crippen molar-refractivity contribution in [1.82, 2.24) is 21.1 Å². The highest BCUT2D eigenvalue weighted by molar-refractivity contribution is 5.85. The molecule has 2 amide bonds. The molecule has 6 heteroatoms. The van der Waals surface area contributed by atoms with Gasteiger partial charge in [-0.25, -0.2) is 0 Å². The second-order valence-corrected chi connectivity index (χ2v) is 7.66. The van der Waals surface area contributed by atoms with E-state index in [0.29, 0.717) is 17.9 Å². The fourth-order valence-electron chi connectivity index (χ4n) is 3.97. The number of hydrogen-bond donors (Lipinski definition) is 3. The van der Waals surface area contributed by atoms with Crippen LogP contribution in [0.3, 0.4) is 0 Å². The van der Waals surface area contributed by atoms with Crippen molar-refractivity contribution >= 4 is 11.8 Å². The lowest BCUT2D eigenvalue weighted by molar-refractivity contribution is -0.134. The van der Waals surface area contributed by atoms with Crippen molar-refractivity contribution < 1.29 is 9.59 Å². The summed E-state index contributed by atoms with van der Waals surface area (Å²) in [6.45, 7) is 6.24. The van der Waals surface area contributed by atoms with Crippen LogP contribution in [-0.2, 0) is 9.59 Å². The molecule has 0 bridgehead atoms. The van der Waals surface area contributed by atoms with Gasteiger partial charge in [-0.1, -0.05) is 44.2 Å². The summed E-state index contributed by atoms with van der Waals surface area (Å²) in [7, 11) is 0. The van der Waals surface area contributed by atoms with Crippen molar-refractivity contribution in [3.63, 3.8) is 0 Å². The third-order valence-corrected chi connectivity index (χ3v) is 5.59. The number of hydrazine groups is 1. The number of carbonyl (C=O) groups is 2. The van der Waals surface area contributed by atoms with Gasteiger partial charge in [-0.2, -0.15) is 0 Å². The van der Waals surface area contributed by atoms with Crippen LogP contribution in [0.2, 0.25) is 0 Å². The number of benzene rings is 1. The molecule has 2 fully saturated rings. The fraction of sp³-hybridized carbons (Fsp3) is 0.600. The molecule has 2 heterocycles. The third kappa shape index (κ3) is 4.43. The van der Waals surface area contributed by atoms with Gasteiger partial charge in [0.05, 0.1) is 6.54 Å². The van der Waals surface area contributed by atoms with Crippen LogP contribution < -0.4 is 16.2 Å². The number of nitrogens with zero attached hydrogens (tertiary/aromatic N) is 1. The Bertz CT molecular complexity index is 611. The van der Waals surface area contributed by atoms with Gasteiger partial charge in [0.2, 0.25) is 11.8 Å². The Hall–Kier alpha value is -1.92. The molecular weight excluding hydrogens is 328 g/mol. The Kier molecular flexibility index (Phi) is 6.27. The van der Waals surface area contributed by atoms with E-state index in [0.717, 1.165) is 32.5 Å². The van der Waals surface area contributed by atoms with E-state index < -0.39 is 0 Å². The SMILES string of the molecule is CC(C)C(=O)NCC(=O)N1CCC(C2NNCC2c2ccccc2)CC1. The summed E-state index contributed by atoms with van der Waals surface area (Å²) in [4.78, 5) is 25.8. The van der Waals surface area contributed by atoms with Gasteiger partial charge >= 0.3 is 0 Å². The summed E-state index contributed by atoms with van der Waals surface area (Å²) in [6.07, 6.45) is 1.99. The third-order valence-electron chi connectivity index (χ3n) is 5.59. The number of rotatable bonds is 5. The monoisotopic (exact) mass is 358 g/mol. The zero-order valence-electron chi connectivity index (χ0n) is 15.7. The maximum atomic E-state index is 12.3. The second-order valence-electron chi connectivity index (χ2n) is 7.66. The van der Waals surface area contributed by atoms with Crippen molar-refractivity contribution in [3.05, 3.63) is 35.9 Å². The van der Waals surface area contributed by atoms with Gasteiger partial charge in [0.1, 0.15) is 0 Å². The van der Waals surface area contributed by atoms with Crippen LogP contribution in [0, 0.1) is 11.8 Å². The van der Waals surface area contributed by atoms with E-state index >= 15 is 0 Å². The van der Waals surface area contributed by atoms with Crippen LogP contribution in [0.5, 0.6) is 0 Å². The Morgan fingerprint density at radius 1 is 1.19 bits per heavy atom. The normalized spacial score (nSPS) is 24.0. The summed E-state index contributed by atoms with van der Waals surface area (Å²) < 4.78 is 0. The van der Waals surface area contributed by atoms with Crippen molar-refractivity contribution in [1.29, 1.82) is 0 Å². The smallest absolute Gasteiger partial charge is 0.241 e. The summed E-state index contributed by atoms with van der Waals surface area (Å²) in [5, 5.41) is 2.72. The number of nitrogens with one attached hydrogen (secondary N) is 3. The summed E-state index contributed by atoms with van der Waals surface area (Å²) in [5.41, 5.74) is 8.14. The van der Waals surface area contributed by atoms with Gasteiger partial charge < -0.3 is 10.2 Å². The minimum Gasteiger partial charge on any atom is -0.347 e.